The first-order valence-corrected chi connectivity index (χ1v) is 4.53. The second-order valence-corrected chi connectivity index (χ2v) is 2.89. The number of hydrogen-bond acceptors (Lipinski definition) is 4. The second-order valence-electron chi connectivity index (χ2n) is 1.99. The van der Waals surface area contributed by atoms with Crippen LogP contribution in [0, 0.1) is 0 Å². The van der Waals surface area contributed by atoms with Gasteiger partial charge in [-0.25, -0.2) is 4.79 Å². The van der Waals surface area contributed by atoms with E-state index in [4.69, 9.17) is 22.6 Å². The SMILES string of the molecule is O=C(O)c1cccnc1.O=S(=O)(O)O.[H-].[Na+]. The Morgan fingerprint density at radius 1 is 1.40 bits per heavy atom. The number of carboxylic acid groups (broad SMARTS) is 1. The van der Waals surface area contributed by atoms with Crippen LogP contribution >= 0.6 is 0 Å². The molecule has 9 heteroatoms. The minimum Gasteiger partial charge on any atom is -1.00 e. The van der Waals surface area contributed by atoms with E-state index >= 15 is 0 Å². The van der Waals surface area contributed by atoms with E-state index in [0.29, 0.717) is 0 Å². The summed E-state index contributed by atoms with van der Waals surface area (Å²) in [6, 6.07) is 3.08. The van der Waals surface area contributed by atoms with Gasteiger partial charge in [0.05, 0.1) is 5.56 Å². The number of hydrogen-bond donors (Lipinski definition) is 3. The Morgan fingerprint density at radius 2 is 1.87 bits per heavy atom. The third-order valence-electron chi connectivity index (χ3n) is 0.908. The number of rotatable bonds is 1. The van der Waals surface area contributed by atoms with Gasteiger partial charge in [-0.05, 0) is 12.1 Å². The maximum atomic E-state index is 10.2. The van der Waals surface area contributed by atoms with Crippen LogP contribution in [0.5, 0.6) is 0 Å². The van der Waals surface area contributed by atoms with E-state index < -0.39 is 16.4 Å². The van der Waals surface area contributed by atoms with Crippen LogP contribution < -0.4 is 29.6 Å². The van der Waals surface area contributed by atoms with Crippen molar-refractivity contribution in [2.24, 2.45) is 0 Å². The van der Waals surface area contributed by atoms with E-state index in [1.165, 1.54) is 18.5 Å². The maximum absolute atomic E-state index is 10.2. The molecule has 3 N–H and O–H groups in total. The summed E-state index contributed by atoms with van der Waals surface area (Å²) >= 11 is 0. The van der Waals surface area contributed by atoms with Gasteiger partial charge in [0.2, 0.25) is 0 Å². The van der Waals surface area contributed by atoms with Gasteiger partial charge in [0.1, 0.15) is 0 Å². The topological polar surface area (TPSA) is 125 Å². The number of pyridine rings is 1. The minimum absolute atomic E-state index is 0. The van der Waals surface area contributed by atoms with E-state index in [2.05, 4.69) is 4.98 Å². The van der Waals surface area contributed by atoms with E-state index in [1.807, 2.05) is 0 Å². The zero-order chi connectivity index (χ0) is 11.2. The first-order chi connectivity index (χ1) is 6.30. The number of nitrogens with zero attached hydrogens (tertiary/aromatic N) is 1. The molecule has 1 aromatic rings. The molecular formula is C6H8NNaO6S. The molecule has 0 aliphatic heterocycles. The van der Waals surface area contributed by atoms with Crippen molar-refractivity contribution in [1.82, 2.24) is 4.98 Å². The summed E-state index contributed by atoms with van der Waals surface area (Å²) in [6.45, 7) is 0. The summed E-state index contributed by atoms with van der Waals surface area (Å²) in [5.41, 5.74) is 0.220. The van der Waals surface area contributed by atoms with Crippen LogP contribution in [-0.4, -0.2) is 33.6 Å². The van der Waals surface area contributed by atoms with E-state index in [-0.39, 0.29) is 36.5 Å². The molecule has 0 radical (unpaired) electrons. The normalized spacial score (nSPS) is 9.20. The van der Waals surface area contributed by atoms with Gasteiger partial charge >= 0.3 is 45.9 Å². The van der Waals surface area contributed by atoms with Crippen molar-refractivity contribution in [3.8, 4) is 0 Å². The number of aromatic nitrogens is 1. The predicted octanol–water partition coefficient (Wildman–Crippen LogP) is -2.76. The third-order valence-corrected chi connectivity index (χ3v) is 0.908. The van der Waals surface area contributed by atoms with Gasteiger partial charge in [-0.1, -0.05) is 0 Å². The van der Waals surface area contributed by atoms with Gasteiger partial charge in [0.25, 0.3) is 0 Å². The zero-order valence-electron chi connectivity index (χ0n) is 8.73. The Hall–Kier alpha value is -0.510. The molecule has 1 rings (SSSR count). The van der Waals surface area contributed by atoms with Crippen LogP contribution in [0.3, 0.4) is 0 Å². The van der Waals surface area contributed by atoms with Crippen LogP contribution in [0.15, 0.2) is 24.5 Å². The van der Waals surface area contributed by atoms with Crippen LogP contribution in [0.4, 0.5) is 0 Å². The Kier molecular flexibility index (Phi) is 8.72. The summed E-state index contributed by atoms with van der Waals surface area (Å²) in [5, 5.41) is 8.34. The van der Waals surface area contributed by atoms with Crippen LogP contribution in [0.2, 0.25) is 0 Å². The van der Waals surface area contributed by atoms with Crippen molar-refractivity contribution in [3.05, 3.63) is 30.1 Å². The molecule has 0 fully saturated rings. The molecule has 7 nitrogen and oxygen atoms in total. The molecular weight excluding hydrogens is 237 g/mol. The Morgan fingerprint density at radius 3 is 2.07 bits per heavy atom. The molecule has 80 valence electrons. The minimum atomic E-state index is -4.67. The van der Waals surface area contributed by atoms with E-state index in [0.717, 1.165) is 0 Å². The molecule has 0 aliphatic carbocycles. The zero-order valence-corrected chi connectivity index (χ0v) is 10.5. The van der Waals surface area contributed by atoms with E-state index in [9.17, 15) is 4.79 Å². The summed E-state index contributed by atoms with van der Waals surface area (Å²) in [5.74, 6) is -0.942. The summed E-state index contributed by atoms with van der Waals surface area (Å²) in [6.07, 6.45) is 2.84. The van der Waals surface area contributed by atoms with Gasteiger partial charge in [-0.3, -0.25) is 14.1 Å². The fraction of sp³-hybridized carbons (Fsp3) is 0. The first kappa shape index (κ1) is 16.9. The molecule has 15 heavy (non-hydrogen) atoms. The number of carboxylic acids is 1. The predicted molar refractivity (Wildman–Crippen MR) is 46.5 cm³/mol. The van der Waals surface area contributed by atoms with Gasteiger partial charge in [-0.15, -0.1) is 0 Å². The van der Waals surface area contributed by atoms with Gasteiger partial charge < -0.3 is 6.53 Å². The third kappa shape index (κ3) is 13.5. The van der Waals surface area contributed by atoms with Crippen molar-refractivity contribution in [2.75, 3.05) is 0 Å². The molecule has 1 heterocycles. The maximum Gasteiger partial charge on any atom is 1.00 e. The van der Waals surface area contributed by atoms with Crippen molar-refractivity contribution in [1.29, 1.82) is 0 Å². The molecule has 0 saturated heterocycles. The Labute approximate surface area is 110 Å². The van der Waals surface area contributed by atoms with Gasteiger partial charge in [0, 0.05) is 12.4 Å². The molecule has 1 aromatic heterocycles. The van der Waals surface area contributed by atoms with Crippen LogP contribution in [-0.2, 0) is 10.4 Å². The van der Waals surface area contributed by atoms with Gasteiger partial charge in [0.15, 0.2) is 0 Å². The largest absolute Gasteiger partial charge is 1.00 e. The molecule has 0 bridgehead atoms. The number of aromatic carboxylic acids is 1. The Balaban J connectivity index is -0.000000214. The average Bonchev–Trinajstić information content (AvgIpc) is 2.03. The summed E-state index contributed by atoms with van der Waals surface area (Å²) in [4.78, 5) is 13.8. The van der Waals surface area contributed by atoms with Crippen molar-refractivity contribution in [2.45, 2.75) is 0 Å². The fourth-order valence-electron chi connectivity index (χ4n) is 0.489. The monoisotopic (exact) mass is 245 g/mol. The molecule has 0 atom stereocenters. The van der Waals surface area contributed by atoms with Crippen molar-refractivity contribution >= 4 is 16.4 Å². The van der Waals surface area contributed by atoms with Crippen LogP contribution in [0.1, 0.15) is 11.8 Å². The van der Waals surface area contributed by atoms with Crippen molar-refractivity contribution < 1.29 is 58.4 Å². The molecule has 0 saturated carbocycles. The smallest absolute Gasteiger partial charge is 1.00 e. The first-order valence-electron chi connectivity index (χ1n) is 3.14. The van der Waals surface area contributed by atoms with Crippen molar-refractivity contribution in [3.63, 3.8) is 0 Å². The standard InChI is InChI=1S/C6H5NO2.Na.H2O4S.H/c8-6(9)5-2-1-3-7-4-5;;1-5(2,3)4;/h1-4H,(H,8,9);;(H2,1,2,3,4);/q;+1;;-1. The quantitative estimate of drug-likeness (QED) is 0.361. The molecule has 0 aliphatic rings. The second kappa shape index (κ2) is 7.74. The van der Waals surface area contributed by atoms with E-state index in [1.54, 1.807) is 6.07 Å². The summed E-state index contributed by atoms with van der Waals surface area (Å²) in [7, 11) is -4.67. The molecule has 0 unspecified atom stereocenters. The average molecular weight is 245 g/mol. The molecule has 0 amide bonds. The van der Waals surface area contributed by atoms with Gasteiger partial charge in [-0.2, -0.15) is 8.42 Å². The number of carbonyl (C=O) groups is 1. The van der Waals surface area contributed by atoms with Crippen LogP contribution in [0.25, 0.3) is 0 Å². The Bertz CT molecular complexity index is 389. The molecule has 0 aromatic carbocycles. The fourth-order valence-corrected chi connectivity index (χ4v) is 0.489. The summed E-state index contributed by atoms with van der Waals surface area (Å²) < 4.78 is 31.6. The molecule has 0 spiro atoms.